The molecule has 4 heteroatoms. The summed E-state index contributed by atoms with van der Waals surface area (Å²) in [5.74, 6) is 0. The van der Waals surface area contributed by atoms with E-state index in [1.165, 1.54) is 90.1 Å². The van der Waals surface area contributed by atoms with Crippen molar-refractivity contribution >= 4 is 102 Å². The van der Waals surface area contributed by atoms with E-state index in [9.17, 15) is 0 Å². The third-order valence-corrected chi connectivity index (χ3v) is 13.9. The van der Waals surface area contributed by atoms with E-state index in [1.54, 1.807) is 0 Å². The molecule has 0 atom stereocenters. The summed E-state index contributed by atoms with van der Waals surface area (Å²) in [5.41, 5.74) is 11.7. The standard InChI is InChI=1S/C54H34N2S2/c1-2-15-38(16-3-1)55(39-26-29-53-46(33-39)44-19-6-10-23-51(44)57-53)48-21-8-4-17-41(48)37-14-12-13-35(31-37)36-25-28-43-42-18-5-9-22-49(42)56(50(43)32-36)40-27-30-54-47(34-40)45-20-7-11-24-52(45)58-54/h1-34H. The number of rotatable bonds is 6. The van der Waals surface area contributed by atoms with Gasteiger partial charge in [0, 0.05) is 73.7 Å². The van der Waals surface area contributed by atoms with E-state index < -0.39 is 0 Å². The highest BCUT2D eigenvalue weighted by molar-refractivity contribution is 7.26. The first-order valence-electron chi connectivity index (χ1n) is 19.7. The van der Waals surface area contributed by atoms with Gasteiger partial charge in [0.1, 0.15) is 0 Å². The summed E-state index contributed by atoms with van der Waals surface area (Å²) in [6.07, 6.45) is 0. The Balaban J connectivity index is 1.00. The number of hydrogen-bond donors (Lipinski definition) is 0. The van der Waals surface area contributed by atoms with Crippen LogP contribution < -0.4 is 4.90 Å². The molecule has 0 aliphatic carbocycles. The molecule has 0 aliphatic rings. The normalized spacial score (nSPS) is 11.8. The van der Waals surface area contributed by atoms with Gasteiger partial charge in [-0.15, -0.1) is 22.7 Å². The maximum Gasteiger partial charge on any atom is 0.0547 e. The van der Waals surface area contributed by atoms with Gasteiger partial charge in [-0.05, 0) is 102 Å². The summed E-state index contributed by atoms with van der Waals surface area (Å²) in [6.45, 7) is 0. The van der Waals surface area contributed by atoms with E-state index in [4.69, 9.17) is 0 Å². The Hall–Kier alpha value is -6.98. The summed E-state index contributed by atoms with van der Waals surface area (Å²) < 4.78 is 7.70. The Labute approximate surface area is 343 Å². The second kappa shape index (κ2) is 13.3. The van der Waals surface area contributed by atoms with E-state index in [2.05, 4.69) is 216 Å². The van der Waals surface area contributed by atoms with Crippen molar-refractivity contribution < 1.29 is 0 Å². The third-order valence-electron chi connectivity index (χ3n) is 11.6. The number of anilines is 3. The van der Waals surface area contributed by atoms with Gasteiger partial charge >= 0.3 is 0 Å². The molecular weight excluding hydrogens is 741 g/mol. The minimum atomic E-state index is 1.12. The first-order chi connectivity index (χ1) is 28.7. The molecule has 0 saturated carbocycles. The van der Waals surface area contributed by atoms with Crippen molar-refractivity contribution in [2.45, 2.75) is 0 Å². The number of aromatic nitrogens is 1. The Morgan fingerprint density at radius 3 is 1.74 bits per heavy atom. The van der Waals surface area contributed by atoms with Gasteiger partial charge in [0.2, 0.25) is 0 Å². The van der Waals surface area contributed by atoms with Crippen LogP contribution in [-0.4, -0.2) is 4.57 Å². The van der Waals surface area contributed by atoms with Gasteiger partial charge in [-0.25, -0.2) is 0 Å². The molecule has 0 fully saturated rings. The van der Waals surface area contributed by atoms with E-state index in [0.717, 1.165) is 17.1 Å². The van der Waals surface area contributed by atoms with E-state index in [1.807, 2.05) is 22.7 Å². The van der Waals surface area contributed by atoms with Gasteiger partial charge in [0.15, 0.2) is 0 Å². The first-order valence-corrected chi connectivity index (χ1v) is 21.3. The van der Waals surface area contributed by atoms with Gasteiger partial charge in [0.25, 0.3) is 0 Å². The average Bonchev–Trinajstić information content (AvgIpc) is 3.96. The van der Waals surface area contributed by atoms with Gasteiger partial charge in [0.05, 0.1) is 16.7 Å². The molecular formula is C54H34N2S2. The largest absolute Gasteiger partial charge is 0.310 e. The Bertz CT molecular complexity index is 3530. The van der Waals surface area contributed by atoms with Crippen LogP contribution in [0.25, 0.3) is 90.1 Å². The lowest BCUT2D eigenvalue weighted by atomic mass is 9.96. The minimum Gasteiger partial charge on any atom is -0.310 e. The third kappa shape index (κ3) is 5.30. The maximum absolute atomic E-state index is 2.45. The highest BCUT2D eigenvalue weighted by Crippen LogP contribution is 2.45. The molecule has 58 heavy (non-hydrogen) atoms. The van der Waals surface area contributed by atoms with Crippen molar-refractivity contribution in [1.29, 1.82) is 0 Å². The van der Waals surface area contributed by atoms with Crippen LogP contribution >= 0.6 is 22.7 Å². The molecule has 0 saturated heterocycles. The zero-order valence-electron chi connectivity index (χ0n) is 31.3. The Morgan fingerprint density at radius 1 is 0.328 bits per heavy atom. The van der Waals surface area contributed by atoms with Crippen molar-refractivity contribution in [3.05, 3.63) is 206 Å². The van der Waals surface area contributed by atoms with Crippen molar-refractivity contribution in [3.8, 4) is 27.9 Å². The molecule has 0 amide bonds. The number of fused-ring (bicyclic) bond motifs is 9. The maximum atomic E-state index is 2.45. The molecule has 0 radical (unpaired) electrons. The molecule has 0 aliphatic heterocycles. The predicted octanol–water partition coefficient (Wildman–Crippen LogP) is 16.3. The molecule has 0 unspecified atom stereocenters. The second-order valence-electron chi connectivity index (χ2n) is 14.9. The molecule has 3 aromatic heterocycles. The Kier molecular flexibility index (Phi) is 7.62. The van der Waals surface area contributed by atoms with E-state index in [-0.39, 0.29) is 0 Å². The highest BCUT2D eigenvalue weighted by Gasteiger charge is 2.20. The van der Waals surface area contributed by atoms with Crippen molar-refractivity contribution in [2.75, 3.05) is 4.90 Å². The van der Waals surface area contributed by atoms with Crippen LogP contribution in [0.5, 0.6) is 0 Å². The fraction of sp³-hybridized carbons (Fsp3) is 0. The van der Waals surface area contributed by atoms with Crippen molar-refractivity contribution in [2.24, 2.45) is 0 Å². The topological polar surface area (TPSA) is 8.17 Å². The van der Waals surface area contributed by atoms with Gasteiger partial charge in [-0.2, -0.15) is 0 Å². The smallest absolute Gasteiger partial charge is 0.0547 e. The van der Waals surface area contributed by atoms with E-state index >= 15 is 0 Å². The number of hydrogen-bond acceptors (Lipinski definition) is 3. The lowest BCUT2D eigenvalue weighted by Crippen LogP contribution is -2.11. The highest BCUT2D eigenvalue weighted by atomic mass is 32.1. The molecule has 12 rings (SSSR count). The molecule has 9 aromatic carbocycles. The van der Waals surface area contributed by atoms with Gasteiger partial charge in [-0.1, -0.05) is 121 Å². The zero-order valence-corrected chi connectivity index (χ0v) is 33.0. The fourth-order valence-corrected chi connectivity index (χ4v) is 11.1. The number of thiophene rings is 2. The van der Waals surface area contributed by atoms with E-state index in [0.29, 0.717) is 0 Å². The summed E-state index contributed by atoms with van der Waals surface area (Å²) in [4.78, 5) is 2.41. The molecule has 0 bridgehead atoms. The number of nitrogens with zero attached hydrogens (tertiary/aromatic N) is 2. The molecule has 272 valence electrons. The molecule has 12 aromatic rings. The summed E-state index contributed by atoms with van der Waals surface area (Å²) in [7, 11) is 0. The quantitative estimate of drug-likeness (QED) is 0.163. The first kappa shape index (κ1) is 33.2. The summed E-state index contributed by atoms with van der Waals surface area (Å²) in [6, 6.07) is 75.7. The van der Waals surface area contributed by atoms with Gasteiger partial charge in [-0.3, -0.25) is 0 Å². The van der Waals surface area contributed by atoms with Crippen LogP contribution in [0.15, 0.2) is 206 Å². The summed E-state index contributed by atoms with van der Waals surface area (Å²) >= 11 is 3.72. The lowest BCUT2D eigenvalue weighted by molar-refractivity contribution is 1.19. The molecule has 3 heterocycles. The van der Waals surface area contributed by atoms with Crippen molar-refractivity contribution in [1.82, 2.24) is 4.57 Å². The second-order valence-corrected chi connectivity index (χ2v) is 17.1. The number of benzene rings is 9. The average molecular weight is 775 g/mol. The van der Waals surface area contributed by atoms with Crippen LogP contribution in [0.3, 0.4) is 0 Å². The molecule has 2 nitrogen and oxygen atoms in total. The predicted molar refractivity (Wildman–Crippen MR) is 252 cm³/mol. The van der Waals surface area contributed by atoms with Crippen molar-refractivity contribution in [3.63, 3.8) is 0 Å². The van der Waals surface area contributed by atoms with Crippen LogP contribution in [0.4, 0.5) is 17.1 Å². The Morgan fingerprint density at radius 2 is 0.931 bits per heavy atom. The van der Waals surface area contributed by atoms with Crippen LogP contribution in [0, 0.1) is 0 Å². The minimum absolute atomic E-state index is 1.12. The number of para-hydroxylation sites is 3. The summed E-state index contributed by atoms with van der Waals surface area (Å²) in [5, 5.41) is 7.72. The lowest BCUT2D eigenvalue weighted by Gasteiger charge is -2.28. The molecule has 0 spiro atoms. The van der Waals surface area contributed by atoms with Crippen LogP contribution in [-0.2, 0) is 0 Å². The van der Waals surface area contributed by atoms with Gasteiger partial charge < -0.3 is 9.47 Å². The fourth-order valence-electron chi connectivity index (χ4n) is 8.92. The monoisotopic (exact) mass is 774 g/mol. The van der Waals surface area contributed by atoms with Crippen LogP contribution in [0.1, 0.15) is 0 Å². The SMILES string of the molecule is c1ccc(N(c2ccc3sc4ccccc4c3c2)c2ccccc2-c2cccc(-c3ccc4c5ccccc5n(-c5ccc6sc7ccccc7c6c5)c4c3)c2)cc1. The zero-order chi connectivity index (χ0) is 38.2. The van der Waals surface area contributed by atoms with Crippen LogP contribution in [0.2, 0.25) is 0 Å². The molecule has 0 N–H and O–H groups in total.